The van der Waals surface area contributed by atoms with Gasteiger partial charge in [0.25, 0.3) is 5.91 Å². The van der Waals surface area contributed by atoms with Gasteiger partial charge in [-0.15, -0.1) is 0 Å². The fourth-order valence-corrected chi connectivity index (χ4v) is 1.71. The molecule has 1 amide bonds. The lowest BCUT2D eigenvalue weighted by atomic mass is 10.0. The van der Waals surface area contributed by atoms with Gasteiger partial charge in [0.15, 0.2) is 18.5 Å². The van der Waals surface area contributed by atoms with Crippen molar-refractivity contribution >= 4 is 12.3 Å². The number of nitrogens with zero attached hydrogens (tertiary/aromatic N) is 3. The van der Waals surface area contributed by atoms with Crippen LogP contribution in [0, 0.1) is 0 Å². The maximum atomic E-state index is 12.1. The van der Waals surface area contributed by atoms with Crippen molar-refractivity contribution in [3.05, 3.63) is 30.1 Å². The molecule has 17 heavy (non-hydrogen) atoms. The molecule has 0 N–H and O–H groups in total. The number of carbonyl (C=O) groups excluding carboxylic acids is 1. The van der Waals surface area contributed by atoms with Crippen molar-refractivity contribution in [1.29, 1.82) is 0 Å². The number of rotatable bonds is 3. The Morgan fingerprint density at radius 2 is 2.18 bits per heavy atom. The maximum absolute atomic E-state index is 12.1. The van der Waals surface area contributed by atoms with Gasteiger partial charge in [-0.05, 0) is 24.6 Å². The Bertz CT molecular complexity index is 419. The number of pyridine rings is 1. The summed E-state index contributed by atoms with van der Waals surface area (Å²) in [6.07, 6.45) is 4.39. The number of aliphatic imine (C=N–C) groups is 1. The molecule has 1 aromatic rings. The molecular formula is C12H15N3O2. The van der Waals surface area contributed by atoms with Crippen LogP contribution in [0.2, 0.25) is 0 Å². The van der Waals surface area contributed by atoms with Crippen molar-refractivity contribution in [2.75, 3.05) is 13.6 Å². The standard InChI is InChI=1S/C12H15N3O2/c1-3-15(2)12(16)10-11(17-8-14-10)9-4-6-13-7-5-9/h4-8,10-11H,3H2,1-2H3/t10-,11+/m1/s1. The SMILES string of the molecule is CCN(C)C(=O)[C@@H]1N=CO[C@H]1c1ccncc1. The summed E-state index contributed by atoms with van der Waals surface area (Å²) in [5.74, 6) is -0.0249. The van der Waals surface area contributed by atoms with Crippen LogP contribution in [-0.4, -0.2) is 41.8 Å². The molecule has 0 aromatic carbocycles. The van der Waals surface area contributed by atoms with E-state index < -0.39 is 6.04 Å². The molecule has 0 fully saturated rings. The Labute approximate surface area is 100 Å². The molecule has 5 heteroatoms. The van der Waals surface area contributed by atoms with Gasteiger partial charge in [0.1, 0.15) is 0 Å². The molecule has 0 spiro atoms. The first-order valence-electron chi connectivity index (χ1n) is 5.56. The third-order valence-corrected chi connectivity index (χ3v) is 2.85. The second-order valence-electron chi connectivity index (χ2n) is 3.89. The normalized spacial score (nSPS) is 22.2. The Hall–Kier alpha value is -1.91. The maximum Gasteiger partial charge on any atom is 0.251 e. The highest BCUT2D eigenvalue weighted by Gasteiger charge is 2.35. The van der Waals surface area contributed by atoms with E-state index in [1.165, 1.54) is 6.40 Å². The molecule has 0 saturated heterocycles. The average molecular weight is 233 g/mol. The van der Waals surface area contributed by atoms with Gasteiger partial charge in [-0.3, -0.25) is 9.78 Å². The number of ether oxygens (including phenoxy) is 1. The van der Waals surface area contributed by atoms with E-state index in [4.69, 9.17) is 4.74 Å². The van der Waals surface area contributed by atoms with Gasteiger partial charge < -0.3 is 9.64 Å². The Kier molecular flexibility index (Phi) is 3.37. The van der Waals surface area contributed by atoms with Crippen LogP contribution in [0.3, 0.4) is 0 Å². The minimum absolute atomic E-state index is 0.0249. The quantitative estimate of drug-likeness (QED) is 0.783. The van der Waals surface area contributed by atoms with Crippen LogP contribution in [0.1, 0.15) is 18.6 Å². The first-order chi connectivity index (χ1) is 8.24. The number of amides is 1. The molecule has 2 rings (SSSR count). The summed E-state index contributed by atoms with van der Waals surface area (Å²) in [5.41, 5.74) is 0.917. The van der Waals surface area contributed by atoms with Crippen molar-refractivity contribution in [3.63, 3.8) is 0 Å². The molecule has 0 radical (unpaired) electrons. The highest BCUT2D eigenvalue weighted by Crippen LogP contribution is 2.27. The molecule has 1 aromatic heterocycles. The number of likely N-dealkylation sites (N-methyl/N-ethyl adjacent to an activating group) is 1. The molecule has 0 unspecified atom stereocenters. The summed E-state index contributed by atoms with van der Waals surface area (Å²) in [6, 6.07) is 3.19. The summed E-state index contributed by atoms with van der Waals surface area (Å²) < 4.78 is 5.40. The van der Waals surface area contributed by atoms with Crippen molar-refractivity contribution in [2.45, 2.75) is 19.1 Å². The number of hydrogen-bond acceptors (Lipinski definition) is 4. The van der Waals surface area contributed by atoms with Crippen LogP contribution in [0.15, 0.2) is 29.5 Å². The van der Waals surface area contributed by atoms with Gasteiger partial charge in [-0.25, -0.2) is 4.99 Å². The molecule has 0 bridgehead atoms. The van der Waals surface area contributed by atoms with Crippen LogP contribution in [-0.2, 0) is 9.53 Å². The van der Waals surface area contributed by atoms with Crippen LogP contribution in [0.4, 0.5) is 0 Å². The van der Waals surface area contributed by atoms with Crippen LogP contribution < -0.4 is 0 Å². The highest BCUT2D eigenvalue weighted by atomic mass is 16.5. The van der Waals surface area contributed by atoms with Gasteiger partial charge in [-0.1, -0.05) is 0 Å². The average Bonchev–Trinajstić information content (AvgIpc) is 2.87. The monoisotopic (exact) mass is 233 g/mol. The van der Waals surface area contributed by atoms with E-state index in [1.54, 1.807) is 24.3 Å². The molecule has 0 aliphatic carbocycles. The zero-order valence-electron chi connectivity index (χ0n) is 9.91. The molecule has 0 saturated carbocycles. The molecule has 90 valence electrons. The van der Waals surface area contributed by atoms with Gasteiger partial charge in [0.2, 0.25) is 0 Å². The summed E-state index contributed by atoms with van der Waals surface area (Å²) in [7, 11) is 1.76. The minimum atomic E-state index is -0.484. The first kappa shape index (κ1) is 11.6. The fourth-order valence-electron chi connectivity index (χ4n) is 1.71. The van der Waals surface area contributed by atoms with E-state index in [2.05, 4.69) is 9.98 Å². The highest BCUT2D eigenvalue weighted by molar-refractivity contribution is 5.85. The predicted octanol–water partition coefficient (Wildman–Crippen LogP) is 1.03. The zero-order chi connectivity index (χ0) is 12.3. The second kappa shape index (κ2) is 4.95. The Morgan fingerprint density at radius 3 is 2.82 bits per heavy atom. The zero-order valence-corrected chi connectivity index (χ0v) is 9.91. The molecule has 2 atom stereocenters. The lowest BCUT2D eigenvalue weighted by Crippen LogP contribution is -2.37. The van der Waals surface area contributed by atoms with E-state index in [-0.39, 0.29) is 12.0 Å². The van der Waals surface area contributed by atoms with E-state index >= 15 is 0 Å². The molecule has 1 aliphatic heterocycles. The van der Waals surface area contributed by atoms with Gasteiger partial charge >= 0.3 is 0 Å². The topological polar surface area (TPSA) is 54.8 Å². The lowest BCUT2D eigenvalue weighted by Gasteiger charge is -2.21. The predicted molar refractivity (Wildman–Crippen MR) is 63.7 cm³/mol. The number of hydrogen-bond donors (Lipinski definition) is 0. The first-order valence-corrected chi connectivity index (χ1v) is 5.56. The van der Waals surface area contributed by atoms with E-state index in [0.717, 1.165) is 5.56 Å². The van der Waals surface area contributed by atoms with E-state index in [0.29, 0.717) is 6.54 Å². The van der Waals surface area contributed by atoms with Gasteiger partial charge in [-0.2, -0.15) is 0 Å². The smallest absolute Gasteiger partial charge is 0.251 e. The molecule has 2 heterocycles. The van der Waals surface area contributed by atoms with Gasteiger partial charge in [0, 0.05) is 26.0 Å². The number of carbonyl (C=O) groups is 1. The Morgan fingerprint density at radius 1 is 1.47 bits per heavy atom. The summed E-state index contributed by atoms with van der Waals surface area (Å²) >= 11 is 0. The van der Waals surface area contributed by atoms with Crippen molar-refractivity contribution in [1.82, 2.24) is 9.88 Å². The lowest BCUT2D eigenvalue weighted by molar-refractivity contribution is -0.132. The summed E-state index contributed by atoms with van der Waals surface area (Å²) in [6.45, 7) is 2.59. The molecule has 1 aliphatic rings. The second-order valence-corrected chi connectivity index (χ2v) is 3.89. The summed E-state index contributed by atoms with van der Waals surface area (Å²) in [4.78, 5) is 21.8. The molecular weight excluding hydrogens is 218 g/mol. The van der Waals surface area contributed by atoms with E-state index in [1.807, 2.05) is 19.1 Å². The molecule has 5 nitrogen and oxygen atoms in total. The van der Waals surface area contributed by atoms with Crippen LogP contribution >= 0.6 is 0 Å². The van der Waals surface area contributed by atoms with Crippen molar-refractivity contribution in [3.8, 4) is 0 Å². The van der Waals surface area contributed by atoms with Crippen molar-refractivity contribution in [2.24, 2.45) is 4.99 Å². The van der Waals surface area contributed by atoms with Gasteiger partial charge in [0.05, 0.1) is 0 Å². The largest absolute Gasteiger partial charge is 0.473 e. The van der Waals surface area contributed by atoms with Crippen LogP contribution in [0.25, 0.3) is 0 Å². The van der Waals surface area contributed by atoms with Crippen molar-refractivity contribution < 1.29 is 9.53 Å². The van der Waals surface area contributed by atoms with E-state index in [9.17, 15) is 4.79 Å². The fraction of sp³-hybridized carbons (Fsp3) is 0.417. The number of aromatic nitrogens is 1. The Balaban J connectivity index is 2.18. The third kappa shape index (κ3) is 2.27. The van der Waals surface area contributed by atoms with Crippen LogP contribution in [0.5, 0.6) is 0 Å². The summed E-state index contributed by atoms with van der Waals surface area (Å²) in [5, 5.41) is 0. The minimum Gasteiger partial charge on any atom is -0.473 e. The third-order valence-electron chi connectivity index (χ3n) is 2.85.